The summed E-state index contributed by atoms with van der Waals surface area (Å²) >= 11 is 0. The van der Waals surface area contributed by atoms with E-state index < -0.39 is 17.6 Å². The van der Waals surface area contributed by atoms with Crippen LogP contribution < -0.4 is 5.32 Å². The molecule has 1 N–H and O–H groups in total. The fourth-order valence-electron chi connectivity index (χ4n) is 3.13. The van der Waals surface area contributed by atoms with Crippen LogP contribution in [0.25, 0.3) is 5.57 Å². The first-order valence-corrected chi connectivity index (χ1v) is 9.74. The number of amides is 2. The summed E-state index contributed by atoms with van der Waals surface area (Å²) in [5.74, 6) is -1.24. The van der Waals surface area contributed by atoms with Crippen molar-refractivity contribution in [2.75, 3.05) is 18.5 Å². The molecule has 5 nitrogen and oxygen atoms in total. The zero-order valence-electron chi connectivity index (χ0n) is 16.9. The van der Waals surface area contributed by atoms with Crippen molar-refractivity contribution in [2.24, 2.45) is 0 Å². The van der Waals surface area contributed by atoms with Crippen LogP contribution in [0.5, 0.6) is 0 Å². The zero-order valence-corrected chi connectivity index (χ0v) is 16.9. The number of carbonyl (C=O) groups excluding carboxylic acids is 2. The molecule has 2 aromatic carbocycles. The molecule has 3 rings (SSSR count). The van der Waals surface area contributed by atoms with Gasteiger partial charge in [0, 0.05) is 5.69 Å². The lowest BCUT2D eigenvalue weighted by Crippen LogP contribution is -2.35. The van der Waals surface area contributed by atoms with E-state index in [1.54, 1.807) is 0 Å². The summed E-state index contributed by atoms with van der Waals surface area (Å²) in [6, 6.07) is 13.2. The first kappa shape index (κ1) is 20.7. The maximum Gasteiger partial charge on any atom is 0.278 e. The van der Waals surface area contributed by atoms with E-state index in [1.165, 1.54) is 34.7 Å². The number of aryl methyl sites for hydroxylation is 1. The largest absolute Gasteiger partial charge is 0.377 e. The van der Waals surface area contributed by atoms with E-state index in [-0.39, 0.29) is 30.5 Å². The van der Waals surface area contributed by atoms with Crippen molar-refractivity contribution in [3.05, 3.63) is 71.2 Å². The summed E-state index contributed by atoms with van der Waals surface area (Å²) in [6.07, 6.45) is 0.909. The first-order chi connectivity index (χ1) is 13.9. The fraction of sp³-hybridized carbons (Fsp3) is 0.304. The number of anilines is 1. The van der Waals surface area contributed by atoms with Crippen molar-refractivity contribution in [3.63, 3.8) is 0 Å². The van der Waals surface area contributed by atoms with Crippen molar-refractivity contribution in [3.8, 4) is 0 Å². The molecule has 6 heteroatoms. The molecule has 2 amide bonds. The number of rotatable bonds is 8. The maximum atomic E-state index is 13.4. The minimum atomic E-state index is -0.416. The molecule has 0 spiro atoms. The van der Waals surface area contributed by atoms with Gasteiger partial charge in [-0.25, -0.2) is 4.39 Å². The van der Waals surface area contributed by atoms with Gasteiger partial charge in [0.1, 0.15) is 11.5 Å². The van der Waals surface area contributed by atoms with Crippen LogP contribution in [-0.2, 0) is 20.7 Å². The van der Waals surface area contributed by atoms with Crippen molar-refractivity contribution < 1.29 is 18.7 Å². The molecule has 0 saturated heterocycles. The van der Waals surface area contributed by atoms with Gasteiger partial charge >= 0.3 is 0 Å². The number of ether oxygens (including phenoxy) is 1. The summed E-state index contributed by atoms with van der Waals surface area (Å²) in [4.78, 5) is 27.2. The molecule has 0 atom stereocenters. The van der Waals surface area contributed by atoms with Gasteiger partial charge in [-0.15, -0.1) is 0 Å². The highest BCUT2D eigenvalue weighted by Crippen LogP contribution is 2.30. The third kappa shape index (κ3) is 4.71. The number of nitrogens with zero attached hydrogens (tertiary/aromatic N) is 1. The van der Waals surface area contributed by atoms with Crippen molar-refractivity contribution in [1.82, 2.24) is 4.90 Å². The van der Waals surface area contributed by atoms with Gasteiger partial charge < -0.3 is 10.1 Å². The molecule has 0 bridgehead atoms. The van der Waals surface area contributed by atoms with Gasteiger partial charge in [-0.3, -0.25) is 14.5 Å². The highest BCUT2D eigenvalue weighted by atomic mass is 19.1. The number of halogens is 1. The highest BCUT2D eigenvalue weighted by Gasteiger charge is 2.39. The quantitative estimate of drug-likeness (QED) is 0.685. The number of imide groups is 1. The average molecular weight is 396 g/mol. The predicted molar refractivity (Wildman–Crippen MR) is 111 cm³/mol. The van der Waals surface area contributed by atoms with Crippen molar-refractivity contribution in [2.45, 2.75) is 33.3 Å². The van der Waals surface area contributed by atoms with Gasteiger partial charge in [-0.2, -0.15) is 0 Å². The smallest absolute Gasteiger partial charge is 0.278 e. The molecule has 0 saturated carbocycles. The summed E-state index contributed by atoms with van der Waals surface area (Å²) in [6.45, 7) is 6.25. The van der Waals surface area contributed by atoms with E-state index in [0.29, 0.717) is 11.3 Å². The molecule has 1 heterocycles. The number of hydrogen-bond acceptors (Lipinski definition) is 4. The van der Waals surface area contributed by atoms with Gasteiger partial charge in [0.15, 0.2) is 0 Å². The van der Waals surface area contributed by atoms with Crippen LogP contribution in [0.4, 0.5) is 10.1 Å². The second-order valence-corrected chi connectivity index (χ2v) is 7.11. The molecule has 0 radical (unpaired) electrons. The van der Waals surface area contributed by atoms with Gasteiger partial charge in [0.05, 0.1) is 24.8 Å². The Balaban J connectivity index is 1.93. The molecule has 0 aliphatic carbocycles. The molecule has 29 heavy (non-hydrogen) atoms. The van der Waals surface area contributed by atoms with Gasteiger partial charge in [0.2, 0.25) is 0 Å². The van der Waals surface area contributed by atoms with Crippen LogP contribution in [0.3, 0.4) is 0 Å². The zero-order chi connectivity index (χ0) is 21.0. The van der Waals surface area contributed by atoms with Gasteiger partial charge in [-0.1, -0.05) is 31.2 Å². The maximum absolute atomic E-state index is 13.4. The van der Waals surface area contributed by atoms with E-state index in [1.807, 2.05) is 38.1 Å². The van der Waals surface area contributed by atoms with E-state index in [4.69, 9.17) is 4.74 Å². The fourth-order valence-corrected chi connectivity index (χ4v) is 3.13. The van der Waals surface area contributed by atoms with Crippen LogP contribution in [0.1, 0.15) is 31.9 Å². The molecule has 152 valence electrons. The number of carbonyl (C=O) groups is 2. The molecular formula is C23H25FN2O3. The molecule has 0 fully saturated rings. The summed E-state index contributed by atoms with van der Waals surface area (Å²) in [5, 5.41) is 3.10. The molecular weight excluding hydrogens is 371 g/mol. The third-order valence-corrected chi connectivity index (χ3v) is 4.70. The molecule has 2 aromatic rings. The van der Waals surface area contributed by atoms with E-state index in [9.17, 15) is 14.0 Å². The predicted octanol–water partition coefficient (Wildman–Crippen LogP) is 4.01. The molecule has 1 aliphatic heterocycles. The first-order valence-electron chi connectivity index (χ1n) is 9.74. The van der Waals surface area contributed by atoms with Gasteiger partial charge in [0.25, 0.3) is 11.8 Å². The Hall–Kier alpha value is -2.99. The second-order valence-electron chi connectivity index (χ2n) is 7.11. The van der Waals surface area contributed by atoms with Crippen LogP contribution in [0, 0.1) is 5.82 Å². The third-order valence-electron chi connectivity index (χ3n) is 4.70. The summed E-state index contributed by atoms with van der Waals surface area (Å²) in [5.41, 5.74) is 2.79. The second kappa shape index (κ2) is 9.01. The topological polar surface area (TPSA) is 58.6 Å². The molecule has 0 unspecified atom stereocenters. The van der Waals surface area contributed by atoms with E-state index in [0.717, 1.165) is 6.42 Å². The number of nitrogens with one attached hydrogen (secondary N) is 1. The van der Waals surface area contributed by atoms with Crippen molar-refractivity contribution in [1.29, 1.82) is 0 Å². The van der Waals surface area contributed by atoms with Crippen LogP contribution in [0.2, 0.25) is 0 Å². The van der Waals surface area contributed by atoms with Gasteiger partial charge in [-0.05, 0) is 55.7 Å². The Bertz CT molecular complexity index is 918. The van der Waals surface area contributed by atoms with Crippen LogP contribution >= 0.6 is 0 Å². The minimum Gasteiger partial charge on any atom is -0.377 e. The average Bonchev–Trinajstić information content (AvgIpc) is 2.93. The van der Waals surface area contributed by atoms with Crippen LogP contribution in [-0.4, -0.2) is 36.0 Å². The Morgan fingerprint density at radius 3 is 2.24 bits per heavy atom. The van der Waals surface area contributed by atoms with Crippen molar-refractivity contribution >= 4 is 23.1 Å². The lowest BCUT2D eigenvalue weighted by Gasteiger charge is -2.16. The highest BCUT2D eigenvalue weighted by molar-refractivity contribution is 6.36. The SMILES string of the molecule is CCc1ccc(NC2=C(c3ccc(F)cc3)C(=O)N(CCOC(C)C)C2=O)cc1. The summed E-state index contributed by atoms with van der Waals surface area (Å²) < 4.78 is 18.9. The lowest BCUT2D eigenvalue weighted by atomic mass is 10.0. The minimum absolute atomic E-state index is 0.00186. The Kier molecular flexibility index (Phi) is 6.44. The Labute approximate surface area is 170 Å². The Morgan fingerprint density at radius 1 is 1.00 bits per heavy atom. The monoisotopic (exact) mass is 396 g/mol. The molecule has 0 aromatic heterocycles. The summed E-state index contributed by atoms with van der Waals surface area (Å²) in [7, 11) is 0. The van der Waals surface area contributed by atoms with Crippen LogP contribution in [0.15, 0.2) is 54.2 Å². The number of benzene rings is 2. The van der Waals surface area contributed by atoms with E-state index >= 15 is 0 Å². The standard InChI is InChI=1S/C23H25FN2O3/c1-4-16-5-11-19(12-6-16)25-21-20(17-7-9-18(24)10-8-17)22(27)26(23(21)28)13-14-29-15(2)3/h5-12,15,25H,4,13-14H2,1-3H3. The number of hydrogen-bond donors (Lipinski definition) is 1. The molecule has 1 aliphatic rings. The normalized spacial score (nSPS) is 14.3. The van der Waals surface area contributed by atoms with E-state index in [2.05, 4.69) is 12.2 Å². The lowest BCUT2D eigenvalue weighted by molar-refractivity contribution is -0.137. The Morgan fingerprint density at radius 2 is 1.66 bits per heavy atom.